The van der Waals surface area contributed by atoms with E-state index in [0.29, 0.717) is 24.3 Å². The van der Waals surface area contributed by atoms with Crippen LogP contribution in [0.5, 0.6) is 0 Å². The summed E-state index contributed by atoms with van der Waals surface area (Å²) in [7, 11) is 0. The predicted octanol–water partition coefficient (Wildman–Crippen LogP) is 5.84. The molecule has 1 atom stereocenters. The Bertz CT molecular complexity index is 965. The summed E-state index contributed by atoms with van der Waals surface area (Å²) in [5.74, 6) is 1.79. The number of carbonyl (C=O) groups excluding carboxylic acids is 1. The Labute approximate surface area is 199 Å². The number of thiophene rings is 1. The van der Waals surface area contributed by atoms with E-state index in [1.807, 2.05) is 6.07 Å². The van der Waals surface area contributed by atoms with Crippen LogP contribution in [0, 0.1) is 0 Å². The van der Waals surface area contributed by atoms with Crippen molar-refractivity contribution in [2.24, 2.45) is 0 Å². The zero-order valence-corrected chi connectivity index (χ0v) is 20.3. The Kier molecular flexibility index (Phi) is 8.40. The van der Waals surface area contributed by atoms with Gasteiger partial charge in [-0.05, 0) is 36.3 Å². The summed E-state index contributed by atoms with van der Waals surface area (Å²) in [6.07, 6.45) is 7.97. The van der Waals surface area contributed by atoms with E-state index >= 15 is 0 Å². The van der Waals surface area contributed by atoms with Crippen LogP contribution in [0.2, 0.25) is 0 Å². The molecule has 0 bridgehead atoms. The number of carbonyl (C=O) groups is 1. The highest BCUT2D eigenvalue weighted by atomic mass is 32.2. The average Bonchev–Trinajstić information content (AvgIpc) is 3.49. The molecule has 4 rings (SSSR count). The molecule has 0 radical (unpaired) electrons. The van der Waals surface area contributed by atoms with Gasteiger partial charge in [0.1, 0.15) is 5.82 Å². The van der Waals surface area contributed by atoms with Crippen molar-refractivity contribution < 1.29 is 4.79 Å². The van der Waals surface area contributed by atoms with E-state index < -0.39 is 0 Å². The van der Waals surface area contributed by atoms with Gasteiger partial charge in [-0.2, -0.15) is 0 Å². The van der Waals surface area contributed by atoms with Crippen molar-refractivity contribution in [1.29, 1.82) is 0 Å². The Morgan fingerprint density at radius 2 is 1.97 bits per heavy atom. The summed E-state index contributed by atoms with van der Waals surface area (Å²) in [6, 6.07) is 15.1. The molecule has 0 aliphatic heterocycles. The number of hydrogen-bond acceptors (Lipinski definition) is 5. The molecule has 3 aromatic rings. The zero-order valence-electron chi connectivity index (χ0n) is 18.7. The molecule has 0 spiro atoms. The second-order valence-corrected chi connectivity index (χ2v) is 10.4. The third-order valence-electron chi connectivity index (χ3n) is 6.23. The predicted molar refractivity (Wildman–Crippen MR) is 132 cm³/mol. The lowest BCUT2D eigenvalue weighted by molar-refractivity contribution is -0.118. The molecule has 1 N–H and O–H groups in total. The van der Waals surface area contributed by atoms with Crippen molar-refractivity contribution >= 4 is 29.0 Å². The normalized spacial score (nSPS) is 15.5. The van der Waals surface area contributed by atoms with Gasteiger partial charge in [0.2, 0.25) is 5.91 Å². The van der Waals surface area contributed by atoms with Gasteiger partial charge < -0.3 is 9.88 Å². The van der Waals surface area contributed by atoms with Crippen LogP contribution < -0.4 is 5.32 Å². The Morgan fingerprint density at radius 1 is 1.16 bits per heavy atom. The molecule has 1 saturated carbocycles. The molecular formula is C25H32N4OS2. The van der Waals surface area contributed by atoms with Crippen molar-refractivity contribution in [1.82, 2.24) is 20.1 Å². The first-order valence-electron chi connectivity index (χ1n) is 11.6. The fourth-order valence-electron chi connectivity index (χ4n) is 4.44. The van der Waals surface area contributed by atoms with Gasteiger partial charge in [-0.1, -0.05) is 74.3 Å². The van der Waals surface area contributed by atoms with Gasteiger partial charge in [-0.25, -0.2) is 0 Å². The third kappa shape index (κ3) is 6.01. The largest absolute Gasteiger partial charge is 0.355 e. The van der Waals surface area contributed by atoms with Crippen molar-refractivity contribution in [3.63, 3.8) is 0 Å². The second kappa shape index (κ2) is 11.7. The van der Waals surface area contributed by atoms with E-state index in [9.17, 15) is 4.79 Å². The number of hydrogen-bond donors (Lipinski definition) is 1. The number of amides is 1. The number of nitrogens with zero attached hydrogens (tertiary/aromatic N) is 3. The SMILES string of the molecule is CCC(CNC(=O)CSc1nnc(Cc2cccs2)n1C1CCCCC1)c1ccccc1. The molecule has 7 heteroatoms. The highest BCUT2D eigenvalue weighted by Crippen LogP contribution is 2.33. The second-order valence-electron chi connectivity index (χ2n) is 8.43. The van der Waals surface area contributed by atoms with Crippen LogP contribution >= 0.6 is 23.1 Å². The lowest BCUT2D eigenvalue weighted by Gasteiger charge is -2.25. The topological polar surface area (TPSA) is 59.8 Å². The van der Waals surface area contributed by atoms with Crippen molar-refractivity contribution in [2.75, 3.05) is 12.3 Å². The van der Waals surface area contributed by atoms with Crippen molar-refractivity contribution in [2.45, 2.75) is 69.0 Å². The summed E-state index contributed by atoms with van der Waals surface area (Å²) in [4.78, 5) is 13.9. The Hall–Kier alpha value is -2.12. The van der Waals surface area contributed by atoms with E-state index in [2.05, 4.69) is 68.8 Å². The van der Waals surface area contributed by atoms with Gasteiger partial charge in [-0.3, -0.25) is 4.79 Å². The van der Waals surface area contributed by atoms with Crippen molar-refractivity contribution in [3.05, 3.63) is 64.1 Å². The number of nitrogens with one attached hydrogen (secondary N) is 1. The molecule has 1 unspecified atom stereocenters. The maximum Gasteiger partial charge on any atom is 0.230 e. The maximum atomic E-state index is 12.6. The highest BCUT2D eigenvalue weighted by Gasteiger charge is 2.24. The number of benzene rings is 1. The minimum atomic E-state index is 0.0578. The summed E-state index contributed by atoms with van der Waals surface area (Å²) in [5.41, 5.74) is 1.28. The van der Waals surface area contributed by atoms with Gasteiger partial charge in [-0.15, -0.1) is 21.5 Å². The maximum absolute atomic E-state index is 12.6. The highest BCUT2D eigenvalue weighted by molar-refractivity contribution is 7.99. The van der Waals surface area contributed by atoms with E-state index in [-0.39, 0.29) is 5.91 Å². The van der Waals surface area contributed by atoms with Crippen LogP contribution in [-0.4, -0.2) is 33.0 Å². The molecule has 170 valence electrons. The van der Waals surface area contributed by atoms with Crippen LogP contribution in [0.25, 0.3) is 0 Å². The molecule has 0 saturated heterocycles. The van der Waals surface area contributed by atoms with Crippen LogP contribution in [0.4, 0.5) is 0 Å². The molecule has 1 aromatic carbocycles. The molecule has 2 aromatic heterocycles. The first kappa shape index (κ1) is 23.1. The lowest BCUT2D eigenvalue weighted by atomic mass is 9.95. The van der Waals surface area contributed by atoms with E-state index in [0.717, 1.165) is 23.8 Å². The van der Waals surface area contributed by atoms with Crippen LogP contribution in [0.1, 0.15) is 73.7 Å². The average molecular weight is 469 g/mol. The first-order valence-corrected chi connectivity index (χ1v) is 13.5. The standard InChI is InChI=1S/C25H32N4OS2/c1-2-19(20-10-5-3-6-11-20)17-26-24(30)18-32-25-28-27-23(16-22-14-9-15-31-22)29(25)21-12-7-4-8-13-21/h3,5-6,9-11,14-15,19,21H,2,4,7-8,12-13,16-18H2,1H3,(H,26,30). The van der Waals surface area contributed by atoms with Gasteiger partial charge in [0, 0.05) is 29.8 Å². The summed E-state index contributed by atoms with van der Waals surface area (Å²) < 4.78 is 2.33. The summed E-state index contributed by atoms with van der Waals surface area (Å²) >= 11 is 3.28. The molecule has 1 amide bonds. The minimum Gasteiger partial charge on any atom is -0.355 e. The van der Waals surface area contributed by atoms with E-state index in [1.165, 1.54) is 54.3 Å². The van der Waals surface area contributed by atoms with Gasteiger partial charge in [0.25, 0.3) is 0 Å². The smallest absolute Gasteiger partial charge is 0.230 e. The zero-order chi connectivity index (χ0) is 22.2. The number of aromatic nitrogens is 3. The minimum absolute atomic E-state index is 0.0578. The Balaban J connectivity index is 1.38. The van der Waals surface area contributed by atoms with Gasteiger partial charge in [0.15, 0.2) is 5.16 Å². The molecule has 2 heterocycles. The molecular weight excluding hydrogens is 436 g/mol. The third-order valence-corrected chi connectivity index (χ3v) is 8.05. The summed E-state index contributed by atoms with van der Waals surface area (Å²) in [6.45, 7) is 2.83. The molecule has 1 aliphatic rings. The molecule has 1 aliphatic carbocycles. The van der Waals surface area contributed by atoms with Gasteiger partial charge >= 0.3 is 0 Å². The number of rotatable bonds is 10. The van der Waals surface area contributed by atoms with Crippen LogP contribution in [0.15, 0.2) is 53.0 Å². The quantitative estimate of drug-likeness (QED) is 0.380. The fourth-order valence-corrected chi connectivity index (χ4v) is 6.00. The van der Waals surface area contributed by atoms with Crippen LogP contribution in [-0.2, 0) is 11.2 Å². The molecule has 32 heavy (non-hydrogen) atoms. The Morgan fingerprint density at radius 3 is 2.69 bits per heavy atom. The fraction of sp³-hybridized carbons (Fsp3) is 0.480. The number of thioether (sulfide) groups is 1. The summed E-state index contributed by atoms with van der Waals surface area (Å²) in [5, 5.41) is 15.2. The van der Waals surface area contributed by atoms with Crippen molar-refractivity contribution in [3.8, 4) is 0 Å². The first-order chi connectivity index (χ1) is 15.7. The monoisotopic (exact) mass is 468 g/mol. The van der Waals surface area contributed by atoms with Gasteiger partial charge in [0.05, 0.1) is 5.75 Å². The lowest BCUT2D eigenvalue weighted by Crippen LogP contribution is -2.29. The van der Waals surface area contributed by atoms with Crippen LogP contribution in [0.3, 0.4) is 0 Å². The van der Waals surface area contributed by atoms with E-state index in [1.54, 1.807) is 11.3 Å². The molecule has 1 fully saturated rings. The molecule has 5 nitrogen and oxygen atoms in total. The van der Waals surface area contributed by atoms with E-state index in [4.69, 9.17) is 0 Å².